The van der Waals surface area contributed by atoms with Gasteiger partial charge < -0.3 is 0 Å². The number of hydrogen-bond acceptors (Lipinski definition) is 2. The minimum atomic E-state index is 0.824. The van der Waals surface area contributed by atoms with Gasteiger partial charge in [0.05, 0.1) is 0 Å². The van der Waals surface area contributed by atoms with Gasteiger partial charge in [0.15, 0.2) is 0 Å². The van der Waals surface area contributed by atoms with Crippen LogP contribution in [-0.2, 0) is 13.1 Å². The number of rotatable bonds is 4. The standard InChI is InChI=1S/C18H20BrClN2/c19-18-7-2-1-5-16(18)14-22-10-8-21(9-11-22)13-15-4-3-6-17(20)12-15/h1-7,12H,8-11,13-14H2. The van der Waals surface area contributed by atoms with Gasteiger partial charge >= 0.3 is 0 Å². The lowest BCUT2D eigenvalue weighted by Crippen LogP contribution is -2.45. The molecule has 2 aromatic carbocycles. The minimum Gasteiger partial charge on any atom is -0.297 e. The van der Waals surface area contributed by atoms with Gasteiger partial charge in [-0.1, -0.05) is 57.9 Å². The second-order valence-corrected chi connectivity index (χ2v) is 7.06. The van der Waals surface area contributed by atoms with Crippen LogP contribution in [0.25, 0.3) is 0 Å². The Bertz CT molecular complexity index is 624. The molecule has 0 spiro atoms. The molecule has 1 fully saturated rings. The van der Waals surface area contributed by atoms with E-state index < -0.39 is 0 Å². The summed E-state index contributed by atoms with van der Waals surface area (Å²) in [5.41, 5.74) is 2.66. The average molecular weight is 380 g/mol. The lowest BCUT2D eigenvalue weighted by atomic mass is 10.1. The topological polar surface area (TPSA) is 6.48 Å². The number of benzene rings is 2. The molecule has 0 radical (unpaired) electrons. The van der Waals surface area contributed by atoms with Crippen LogP contribution < -0.4 is 0 Å². The zero-order valence-corrected chi connectivity index (χ0v) is 14.9. The molecular weight excluding hydrogens is 360 g/mol. The smallest absolute Gasteiger partial charge is 0.0409 e. The molecule has 1 aliphatic rings. The Labute approximate surface area is 145 Å². The Balaban J connectivity index is 1.51. The molecule has 0 aromatic heterocycles. The van der Waals surface area contributed by atoms with Gasteiger partial charge in [0.1, 0.15) is 0 Å². The fourth-order valence-corrected chi connectivity index (χ4v) is 3.49. The Morgan fingerprint density at radius 1 is 0.864 bits per heavy atom. The van der Waals surface area contributed by atoms with E-state index >= 15 is 0 Å². The third kappa shape index (κ3) is 4.32. The summed E-state index contributed by atoms with van der Waals surface area (Å²) < 4.78 is 1.20. The van der Waals surface area contributed by atoms with Crippen molar-refractivity contribution in [3.05, 3.63) is 69.2 Å². The quantitative estimate of drug-likeness (QED) is 0.776. The Kier molecular flexibility index (Phi) is 5.53. The fraction of sp³-hybridized carbons (Fsp3) is 0.333. The molecule has 0 amide bonds. The summed E-state index contributed by atoms with van der Waals surface area (Å²) in [5.74, 6) is 0. The Morgan fingerprint density at radius 3 is 2.23 bits per heavy atom. The first-order chi connectivity index (χ1) is 10.7. The third-order valence-electron chi connectivity index (χ3n) is 4.11. The normalized spacial score (nSPS) is 16.8. The third-order valence-corrected chi connectivity index (χ3v) is 5.12. The van der Waals surface area contributed by atoms with E-state index in [0.29, 0.717) is 0 Å². The first kappa shape index (κ1) is 16.0. The summed E-state index contributed by atoms with van der Waals surface area (Å²) in [6, 6.07) is 16.7. The van der Waals surface area contributed by atoms with E-state index in [9.17, 15) is 0 Å². The summed E-state index contributed by atoms with van der Waals surface area (Å²) in [6.45, 7) is 6.45. The van der Waals surface area contributed by atoms with Crippen molar-refractivity contribution in [2.45, 2.75) is 13.1 Å². The summed E-state index contributed by atoms with van der Waals surface area (Å²) in [5, 5.41) is 0.824. The van der Waals surface area contributed by atoms with Crippen molar-refractivity contribution < 1.29 is 0 Å². The lowest BCUT2D eigenvalue weighted by Gasteiger charge is -2.35. The molecule has 0 atom stereocenters. The van der Waals surface area contributed by atoms with Gasteiger partial charge in [-0.15, -0.1) is 0 Å². The highest BCUT2D eigenvalue weighted by molar-refractivity contribution is 9.10. The Hall–Kier alpha value is -0.870. The molecule has 1 heterocycles. The van der Waals surface area contributed by atoms with E-state index in [1.54, 1.807) is 0 Å². The molecule has 0 unspecified atom stereocenters. The maximum atomic E-state index is 6.06. The van der Waals surface area contributed by atoms with Gasteiger partial charge in [0, 0.05) is 48.8 Å². The highest BCUT2D eigenvalue weighted by Gasteiger charge is 2.17. The number of hydrogen-bond donors (Lipinski definition) is 0. The first-order valence-electron chi connectivity index (χ1n) is 7.63. The van der Waals surface area contributed by atoms with Crippen LogP contribution in [-0.4, -0.2) is 36.0 Å². The monoisotopic (exact) mass is 378 g/mol. The van der Waals surface area contributed by atoms with Crippen LogP contribution in [0.1, 0.15) is 11.1 Å². The maximum Gasteiger partial charge on any atom is 0.0409 e. The van der Waals surface area contributed by atoms with E-state index in [4.69, 9.17) is 11.6 Å². The first-order valence-corrected chi connectivity index (χ1v) is 8.80. The number of halogens is 2. The number of piperazine rings is 1. The van der Waals surface area contributed by atoms with Gasteiger partial charge in [0.2, 0.25) is 0 Å². The maximum absolute atomic E-state index is 6.06. The zero-order chi connectivity index (χ0) is 15.4. The number of nitrogens with zero attached hydrogens (tertiary/aromatic N) is 2. The predicted molar refractivity (Wildman–Crippen MR) is 96.1 cm³/mol. The average Bonchev–Trinajstić information content (AvgIpc) is 2.52. The molecule has 0 saturated carbocycles. The van der Waals surface area contributed by atoms with Crippen LogP contribution in [0.4, 0.5) is 0 Å². The predicted octanol–water partition coefficient (Wildman–Crippen LogP) is 4.42. The summed E-state index contributed by atoms with van der Waals surface area (Å²) in [7, 11) is 0. The van der Waals surface area contributed by atoms with E-state index in [0.717, 1.165) is 44.3 Å². The zero-order valence-electron chi connectivity index (χ0n) is 12.5. The second-order valence-electron chi connectivity index (χ2n) is 5.77. The molecule has 0 aliphatic carbocycles. The van der Waals surface area contributed by atoms with Crippen molar-refractivity contribution in [3.8, 4) is 0 Å². The fourth-order valence-electron chi connectivity index (χ4n) is 2.87. The molecule has 4 heteroatoms. The lowest BCUT2D eigenvalue weighted by molar-refractivity contribution is 0.122. The van der Waals surface area contributed by atoms with Crippen molar-refractivity contribution in [2.24, 2.45) is 0 Å². The molecule has 1 saturated heterocycles. The molecule has 2 nitrogen and oxygen atoms in total. The minimum absolute atomic E-state index is 0.824. The van der Waals surface area contributed by atoms with Crippen molar-refractivity contribution in [2.75, 3.05) is 26.2 Å². The molecule has 2 aromatic rings. The van der Waals surface area contributed by atoms with Gasteiger partial charge in [-0.2, -0.15) is 0 Å². The van der Waals surface area contributed by atoms with Crippen molar-refractivity contribution in [1.82, 2.24) is 9.80 Å². The molecule has 116 valence electrons. The van der Waals surface area contributed by atoms with Gasteiger partial charge in [0.25, 0.3) is 0 Å². The van der Waals surface area contributed by atoms with Crippen LogP contribution in [0.3, 0.4) is 0 Å². The largest absolute Gasteiger partial charge is 0.297 e. The van der Waals surface area contributed by atoms with E-state index in [2.05, 4.69) is 62.1 Å². The van der Waals surface area contributed by atoms with Crippen molar-refractivity contribution in [3.63, 3.8) is 0 Å². The molecule has 1 aliphatic heterocycles. The highest BCUT2D eigenvalue weighted by atomic mass is 79.9. The Morgan fingerprint density at radius 2 is 1.55 bits per heavy atom. The van der Waals surface area contributed by atoms with Crippen LogP contribution in [0.15, 0.2) is 53.0 Å². The van der Waals surface area contributed by atoms with E-state index in [1.165, 1.54) is 15.6 Å². The summed E-state index contributed by atoms with van der Waals surface area (Å²) in [6.07, 6.45) is 0. The van der Waals surface area contributed by atoms with Gasteiger partial charge in [-0.05, 0) is 29.3 Å². The molecule has 3 rings (SSSR count). The van der Waals surface area contributed by atoms with E-state index in [1.807, 2.05) is 12.1 Å². The van der Waals surface area contributed by atoms with Gasteiger partial charge in [-0.3, -0.25) is 9.80 Å². The van der Waals surface area contributed by atoms with Crippen molar-refractivity contribution in [1.29, 1.82) is 0 Å². The molecule has 0 N–H and O–H groups in total. The van der Waals surface area contributed by atoms with Crippen LogP contribution in [0.5, 0.6) is 0 Å². The van der Waals surface area contributed by atoms with Crippen LogP contribution >= 0.6 is 27.5 Å². The van der Waals surface area contributed by atoms with Crippen LogP contribution in [0, 0.1) is 0 Å². The second kappa shape index (κ2) is 7.60. The van der Waals surface area contributed by atoms with Gasteiger partial charge in [-0.25, -0.2) is 0 Å². The van der Waals surface area contributed by atoms with Crippen molar-refractivity contribution >= 4 is 27.5 Å². The van der Waals surface area contributed by atoms with E-state index in [-0.39, 0.29) is 0 Å². The van der Waals surface area contributed by atoms with Crippen LogP contribution in [0.2, 0.25) is 5.02 Å². The molecular formula is C18H20BrClN2. The molecule has 22 heavy (non-hydrogen) atoms. The summed E-state index contributed by atoms with van der Waals surface area (Å²) >= 11 is 9.70. The SMILES string of the molecule is Clc1cccc(CN2CCN(Cc3ccccc3Br)CC2)c1. The summed E-state index contributed by atoms with van der Waals surface area (Å²) in [4.78, 5) is 5.02. The highest BCUT2D eigenvalue weighted by Crippen LogP contribution is 2.19. The molecule has 0 bridgehead atoms.